The van der Waals surface area contributed by atoms with Crippen LogP contribution >= 0.6 is 0 Å². The molecule has 0 fully saturated rings. The first-order valence-corrected chi connectivity index (χ1v) is 7.83. The monoisotopic (exact) mass is 298 g/mol. The van der Waals surface area contributed by atoms with Crippen LogP contribution in [0.5, 0.6) is 0 Å². The fraction of sp³-hybridized carbons (Fsp3) is 0.500. The quantitative estimate of drug-likeness (QED) is 0.866. The third kappa shape index (κ3) is 3.07. The Kier molecular flexibility index (Phi) is 4.24. The Morgan fingerprint density at radius 3 is 2.70 bits per heavy atom. The summed E-state index contributed by atoms with van der Waals surface area (Å²) in [5, 5.41) is 3.68. The Hall–Kier alpha value is -1.67. The summed E-state index contributed by atoms with van der Waals surface area (Å²) in [5.41, 5.74) is 0.368. The van der Waals surface area contributed by atoms with E-state index in [0.717, 1.165) is 0 Å². The Balaban J connectivity index is 2.18. The third-order valence-electron chi connectivity index (χ3n) is 3.04. The number of hydrogen-bond acceptors (Lipinski definition) is 5. The highest BCUT2D eigenvalue weighted by atomic mass is 32.2. The van der Waals surface area contributed by atoms with E-state index in [1.807, 2.05) is 11.5 Å². The van der Waals surface area contributed by atoms with Gasteiger partial charge < -0.3 is 9.09 Å². The molecule has 0 aliphatic carbocycles. The fourth-order valence-electron chi connectivity index (χ4n) is 2.04. The molecule has 20 heavy (non-hydrogen) atoms. The summed E-state index contributed by atoms with van der Waals surface area (Å²) >= 11 is 0. The zero-order valence-corrected chi connectivity index (χ0v) is 12.5. The molecule has 2 aromatic rings. The molecule has 0 aromatic carbocycles. The summed E-state index contributed by atoms with van der Waals surface area (Å²) in [7, 11) is -3.63. The molecule has 0 radical (unpaired) electrons. The molecule has 8 heteroatoms. The lowest BCUT2D eigenvalue weighted by Crippen LogP contribution is -2.37. The summed E-state index contributed by atoms with van der Waals surface area (Å²) < 4.78 is 34.2. The molecule has 110 valence electrons. The lowest BCUT2D eigenvalue weighted by molar-refractivity contribution is 0.390. The van der Waals surface area contributed by atoms with Crippen LogP contribution in [0.25, 0.3) is 0 Å². The van der Waals surface area contributed by atoms with E-state index in [2.05, 4.69) is 14.9 Å². The normalized spacial score (nSPS) is 13.6. The lowest BCUT2D eigenvalue weighted by Gasteiger charge is -2.17. The van der Waals surface area contributed by atoms with E-state index in [4.69, 9.17) is 4.52 Å². The van der Waals surface area contributed by atoms with Crippen LogP contribution in [0.4, 0.5) is 0 Å². The number of aromatic nitrogens is 3. The van der Waals surface area contributed by atoms with Gasteiger partial charge in [-0.15, -0.1) is 0 Å². The largest absolute Gasteiger partial charge is 0.360 e. The van der Waals surface area contributed by atoms with Gasteiger partial charge in [0.25, 0.3) is 0 Å². The number of nitrogens with one attached hydrogen (secondary N) is 1. The van der Waals surface area contributed by atoms with Gasteiger partial charge in [0, 0.05) is 25.0 Å². The molecule has 0 amide bonds. The van der Waals surface area contributed by atoms with Gasteiger partial charge in [0.05, 0.1) is 6.33 Å². The van der Waals surface area contributed by atoms with Gasteiger partial charge in [0.2, 0.25) is 10.0 Å². The van der Waals surface area contributed by atoms with E-state index in [1.165, 1.54) is 0 Å². The van der Waals surface area contributed by atoms with Crippen LogP contribution in [0.1, 0.15) is 24.8 Å². The molecule has 2 heterocycles. The van der Waals surface area contributed by atoms with Gasteiger partial charge in [-0.3, -0.25) is 0 Å². The summed E-state index contributed by atoms with van der Waals surface area (Å²) in [5.74, 6) is 0.299. The van der Waals surface area contributed by atoms with Crippen LogP contribution in [0.3, 0.4) is 0 Å². The van der Waals surface area contributed by atoms with E-state index in [0.29, 0.717) is 24.4 Å². The molecule has 0 saturated heterocycles. The minimum Gasteiger partial charge on any atom is -0.360 e. The Morgan fingerprint density at radius 2 is 2.20 bits per heavy atom. The number of sulfonamides is 1. The highest BCUT2D eigenvalue weighted by Gasteiger charge is 2.26. The number of nitrogens with zero attached hydrogens (tertiary/aromatic N) is 3. The fourth-order valence-corrected chi connectivity index (χ4v) is 3.68. The Bertz CT molecular complexity index is 641. The van der Waals surface area contributed by atoms with Gasteiger partial charge in [-0.25, -0.2) is 18.1 Å². The minimum absolute atomic E-state index is 0.126. The van der Waals surface area contributed by atoms with Crippen LogP contribution in [0.15, 0.2) is 28.1 Å². The maximum atomic E-state index is 12.4. The minimum atomic E-state index is -3.63. The summed E-state index contributed by atoms with van der Waals surface area (Å²) in [4.78, 5) is 4.07. The van der Waals surface area contributed by atoms with Crippen LogP contribution in [0.2, 0.25) is 0 Å². The molecule has 0 unspecified atom stereocenters. The second-order valence-electron chi connectivity index (χ2n) is 4.64. The average molecular weight is 298 g/mol. The number of rotatable bonds is 6. The molecule has 7 nitrogen and oxygen atoms in total. The predicted octanol–water partition coefficient (Wildman–Crippen LogP) is 1.25. The van der Waals surface area contributed by atoms with E-state index >= 15 is 0 Å². The van der Waals surface area contributed by atoms with Gasteiger partial charge in [-0.1, -0.05) is 12.1 Å². The van der Waals surface area contributed by atoms with Gasteiger partial charge >= 0.3 is 0 Å². The molecule has 0 spiro atoms. The Morgan fingerprint density at radius 1 is 1.45 bits per heavy atom. The smallest absolute Gasteiger partial charge is 0.246 e. The van der Waals surface area contributed by atoms with E-state index < -0.39 is 10.0 Å². The van der Waals surface area contributed by atoms with E-state index in [-0.39, 0.29) is 10.9 Å². The van der Waals surface area contributed by atoms with Crippen molar-refractivity contribution in [2.45, 2.75) is 44.7 Å². The van der Waals surface area contributed by atoms with E-state index in [1.54, 1.807) is 32.6 Å². The van der Waals surface area contributed by atoms with E-state index in [9.17, 15) is 8.42 Å². The van der Waals surface area contributed by atoms with Crippen molar-refractivity contribution in [1.82, 2.24) is 19.4 Å². The first-order valence-electron chi connectivity index (χ1n) is 6.35. The molecule has 0 aliphatic heterocycles. The highest BCUT2D eigenvalue weighted by Crippen LogP contribution is 2.19. The summed E-state index contributed by atoms with van der Waals surface area (Å²) in [6.07, 6.45) is 5.79. The first kappa shape index (κ1) is 14.7. The van der Waals surface area contributed by atoms with Crippen molar-refractivity contribution < 1.29 is 12.9 Å². The van der Waals surface area contributed by atoms with Crippen molar-refractivity contribution in [3.8, 4) is 0 Å². The molecule has 0 aliphatic rings. The van der Waals surface area contributed by atoms with Gasteiger partial charge in [-0.2, -0.15) is 0 Å². The van der Waals surface area contributed by atoms with Crippen molar-refractivity contribution in [3.63, 3.8) is 0 Å². The second kappa shape index (κ2) is 5.76. The lowest BCUT2D eigenvalue weighted by atomic mass is 10.2. The van der Waals surface area contributed by atoms with Crippen molar-refractivity contribution in [2.75, 3.05) is 0 Å². The summed E-state index contributed by atoms with van der Waals surface area (Å²) in [6, 6.07) is -0.220. The van der Waals surface area contributed by atoms with Crippen molar-refractivity contribution >= 4 is 10.0 Å². The maximum absolute atomic E-state index is 12.4. The average Bonchev–Trinajstić information content (AvgIpc) is 2.98. The molecule has 2 rings (SSSR count). The Labute approximate surface area is 118 Å². The highest BCUT2D eigenvalue weighted by molar-refractivity contribution is 7.89. The van der Waals surface area contributed by atoms with Crippen LogP contribution in [-0.2, 0) is 16.6 Å². The zero-order chi connectivity index (χ0) is 14.8. The number of imidazole rings is 1. The second-order valence-corrected chi connectivity index (χ2v) is 6.29. The zero-order valence-electron chi connectivity index (χ0n) is 11.7. The SMILES string of the molecule is CC[C@@H](Cn1ccnc1)NS(=O)(=O)c1c(C)noc1C. The van der Waals surface area contributed by atoms with Crippen molar-refractivity contribution in [3.05, 3.63) is 30.2 Å². The molecule has 0 saturated carbocycles. The summed E-state index contributed by atoms with van der Waals surface area (Å²) in [6.45, 7) is 5.66. The number of aryl methyl sites for hydroxylation is 2. The maximum Gasteiger partial charge on any atom is 0.246 e. The molecule has 2 aromatic heterocycles. The van der Waals surface area contributed by atoms with Crippen LogP contribution in [-0.4, -0.2) is 29.2 Å². The standard InChI is InChI=1S/C12H18N4O3S/c1-4-11(7-16-6-5-13-8-16)15-20(17,18)12-9(2)14-19-10(12)3/h5-6,8,11,15H,4,7H2,1-3H3/t11-/m0/s1. The first-order chi connectivity index (χ1) is 9.44. The number of hydrogen-bond donors (Lipinski definition) is 1. The van der Waals surface area contributed by atoms with Crippen LogP contribution in [0, 0.1) is 13.8 Å². The van der Waals surface area contributed by atoms with Crippen LogP contribution < -0.4 is 4.72 Å². The van der Waals surface area contributed by atoms with Gasteiger partial charge in [-0.05, 0) is 20.3 Å². The third-order valence-corrected chi connectivity index (χ3v) is 4.81. The molecular weight excluding hydrogens is 280 g/mol. The molecular formula is C12H18N4O3S. The van der Waals surface area contributed by atoms with Crippen molar-refractivity contribution in [1.29, 1.82) is 0 Å². The predicted molar refractivity (Wildman–Crippen MR) is 72.6 cm³/mol. The molecule has 1 atom stereocenters. The van der Waals surface area contributed by atoms with Gasteiger partial charge in [0.1, 0.15) is 10.6 Å². The molecule has 0 bridgehead atoms. The topological polar surface area (TPSA) is 90.0 Å². The van der Waals surface area contributed by atoms with Gasteiger partial charge in [0.15, 0.2) is 5.76 Å². The molecule has 1 N–H and O–H groups in total. The van der Waals surface area contributed by atoms with Crippen molar-refractivity contribution in [2.24, 2.45) is 0 Å².